The molecule has 1 unspecified atom stereocenters. The van der Waals surface area contributed by atoms with Crippen molar-refractivity contribution in [3.8, 4) is 11.8 Å². The number of amides is 1. The van der Waals surface area contributed by atoms with E-state index < -0.39 is 0 Å². The highest BCUT2D eigenvalue weighted by Gasteiger charge is 2.30. The van der Waals surface area contributed by atoms with E-state index in [2.05, 4.69) is 15.0 Å². The van der Waals surface area contributed by atoms with Gasteiger partial charge in [-0.05, 0) is 6.92 Å². The molecule has 1 fully saturated rings. The van der Waals surface area contributed by atoms with Crippen LogP contribution < -0.4 is 9.47 Å². The van der Waals surface area contributed by atoms with Crippen LogP contribution in [0.5, 0.6) is 11.8 Å². The van der Waals surface area contributed by atoms with Crippen molar-refractivity contribution in [2.45, 2.75) is 19.4 Å². The number of thiazole rings is 1. The SMILES string of the molecule is COc1cncc(OC2CCN(C(=O)c3scnc3C)C2)n1. The quantitative estimate of drug-likeness (QED) is 0.850. The first-order valence-corrected chi connectivity index (χ1v) is 7.77. The monoisotopic (exact) mass is 320 g/mol. The highest BCUT2D eigenvalue weighted by atomic mass is 32.1. The normalized spacial score (nSPS) is 17.5. The van der Waals surface area contributed by atoms with E-state index in [1.807, 2.05) is 6.92 Å². The van der Waals surface area contributed by atoms with Crippen LogP contribution in [0.4, 0.5) is 0 Å². The van der Waals surface area contributed by atoms with Crippen molar-refractivity contribution in [1.29, 1.82) is 0 Å². The Bertz CT molecular complexity index is 676. The summed E-state index contributed by atoms with van der Waals surface area (Å²) < 4.78 is 10.8. The number of hydrogen-bond donors (Lipinski definition) is 0. The fourth-order valence-corrected chi connectivity index (χ4v) is 3.09. The number of carbonyl (C=O) groups is 1. The molecule has 0 N–H and O–H groups in total. The Labute approximate surface area is 131 Å². The standard InChI is InChI=1S/C14H16N4O3S/c1-9-13(22-8-16-9)14(19)18-4-3-10(7-18)21-12-6-15-5-11(17-12)20-2/h5-6,8,10H,3-4,7H2,1-2H3. The zero-order valence-corrected chi connectivity index (χ0v) is 13.2. The van der Waals surface area contributed by atoms with Crippen LogP contribution >= 0.6 is 11.3 Å². The van der Waals surface area contributed by atoms with Gasteiger partial charge in [-0.1, -0.05) is 0 Å². The molecule has 0 spiro atoms. The summed E-state index contributed by atoms with van der Waals surface area (Å²) in [6, 6.07) is 0. The summed E-state index contributed by atoms with van der Waals surface area (Å²) >= 11 is 1.37. The van der Waals surface area contributed by atoms with E-state index in [-0.39, 0.29) is 12.0 Å². The van der Waals surface area contributed by atoms with Crippen molar-refractivity contribution in [1.82, 2.24) is 19.9 Å². The Balaban J connectivity index is 1.62. The van der Waals surface area contributed by atoms with Gasteiger partial charge in [0.25, 0.3) is 5.91 Å². The number of hydrogen-bond acceptors (Lipinski definition) is 7. The topological polar surface area (TPSA) is 77.4 Å². The molecule has 116 valence electrons. The first-order valence-electron chi connectivity index (χ1n) is 6.89. The van der Waals surface area contributed by atoms with Gasteiger partial charge in [0.05, 0.1) is 37.3 Å². The zero-order valence-electron chi connectivity index (χ0n) is 12.4. The Morgan fingerprint density at radius 1 is 1.41 bits per heavy atom. The number of aryl methyl sites for hydroxylation is 1. The minimum Gasteiger partial charge on any atom is -0.480 e. The van der Waals surface area contributed by atoms with E-state index in [1.54, 1.807) is 16.6 Å². The number of aromatic nitrogens is 3. The third-order valence-electron chi connectivity index (χ3n) is 3.46. The van der Waals surface area contributed by atoms with Crippen molar-refractivity contribution in [2.24, 2.45) is 0 Å². The van der Waals surface area contributed by atoms with Crippen LogP contribution in [0.15, 0.2) is 17.9 Å². The number of rotatable bonds is 4. The van der Waals surface area contributed by atoms with Gasteiger partial charge in [-0.2, -0.15) is 4.98 Å². The molecule has 1 atom stereocenters. The molecule has 7 nitrogen and oxygen atoms in total. The molecule has 2 aromatic heterocycles. The summed E-state index contributed by atoms with van der Waals surface area (Å²) in [5.41, 5.74) is 2.47. The molecule has 3 rings (SSSR count). The molecule has 0 radical (unpaired) electrons. The summed E-state index contributed by atoms with van der Waals surface area (Å²) in [5.74, 6) is 0.833. The predicted octanol–water partition coefficient (Wildman–Crippen LogP) is 1.54. The maximum absolute atomic E-state index is 12.4. The van der Waals surface area contributed by atoms with Gasteiger partial charge in [0.1, 0.15) is 11.0 Å². The average Bonchev–Trinajstić information content (AvgIpc) is 3.16. The fourth-order valence-electron chi connectivity index (χ4n) is 2.32. The Hall–Kier alpha value is -2.22. The maximum Gasteiger partial charge on any atom is 0.265 e. The Morgan fingerprint density at radius 3 is 2.95 bits per heavy atom. The Kier molecular flexibility index (Phi) is 4.19. The van der Waals surface area contributed by atoms with Gasteiger partial charge in [0.15, 0.2) is 0 Å². The van der Waals surface area contributed by atoms with Gasteiger partial charge in [0.2, 0.25) is 11.8 Å². The van der Waals surface area contributed by atoms with Gasteiger partial charge in [-0.3, -0.25) is 9.78 Å². The number of ether oxygens (including phenoxy) is 2. The number of methoxy groups -OCH3 is 1. The van der Waals surface area contributed by atoms with Crippen LogP contribution in [0.3, 0.4) is 0 Å². The lowest BCUT2D eigenvalue weighted by Gasteiger charge is -2.16. The molecule has 1 amide bonds. The molecule has 0 saturated carbocycles. The molecule has 0 aliphatic carbocycles. The molecule has 1 aliphatic rings. The summed E-state index contributed by atoms with van der Waals surface area (Å²) in [6.07, 6.45) is 3.74. The summed E-state index contributed by atoms with van der Waals surface area (Å²) in [6.45, 7) is 3.05. The number of carbonyl (C=O) groups excluding carboxylic acids is 1. The second-order valence-corrected chi connectivity index (χ2v) is 5.80. The largest absolute Gasteiger partial charge is 0.480 e. The first-order chi connectivity index (χ1) is 10.7. The molecule has 3 heterocycles. The summed E-state index contributed by atoms with van der Waals surface area (Å²) in [5, 5.41) is 0. The van der Waals surface area contributed by atoms with E-state index in [0.717, 1.165) is 12.1 Å². The smallest absolute Gasteiger partial charge is 0.265 e. The average molecular weight is 320 g/mol. The van der Waals surface area contributed by atoms with Gasteiger partial charge in [-0.25, -0.2) is 4.98 Å². The van der Waals surface area contributed by atoms with Crippen LogP contribution in [0.1, 0.15) is 21.8 Å². The molecule has 8 heteroatoms. The first kappa shape index (κ1) is 14.7. The minimum atomic E-state index is -0.0846. The van der Waals surface area contributed by atoms with Crippen LogP contribution in [-0.4, -0.2) is 52.1 Å². The van der Waals surface area contributed by atoms with E-state index >= 15 is 0 Å². The highest BCUT2D eigenvalue weighted by molar-refractivity contribution is 7.11. The molecule has 0 bridgehead atoms. The van der Waals surface area contributed by atoms with Crippen molar-refractivity contribution in [3.63, 3.8) is 0 Å². The Morgan fingerprint density at radius 2 is 2.23 bits per heavy atom. The fraction of sp³-hybridized carbons (Fsp3) is 0.429. The van der Waals surface area contributed by atoms with Gasteiger partial charge in [-0.15, -0.1) is 11.3 Å². The maximum atomic E-state index is 12.4. The van der Waals surface area contributed by atoms with Crippen LogP contribution in [-0.2, 0) is 0 Å². The van der Waals surface area contributed by atoms with E-state index in [9.17, 15) is 4.79 Å². The zero-order chi connectivity index (χ0) is 15.5. The number of nitrogens with zero attached hydrogens (tertiary/aromatic N) is 4. The van der Waals surface area contributed by atoms with Crippen molar-refractivity contribution in [3.05, 3.63) is 28.5 Å². The highest BCUT2D eigenvalue weighted by Crippen LogP contribution is 2.22. The third-order valence-corrected chi connectivity index (χ3v) is 4.38. The minimum absolute atomic E-state index is 0.0165. The van der Waals surface area contributed by atoms with Crippen LogP contribution in [0, 0.1) is 6.92 Å². The molecule has 1 saturated heterocycles. The molecule has 1 aliphatic heterocycles. The molecular weight excluding hydrogens is 304 g/mol. The summed E-state index contributed by atoms with van der Waals surface area (Å²) in [7, 11) is 1.53. The molecule has 2 aromatic rings. The second kappa shape index (κ2) is 6.27. The molecule has 0 aromatic carbocycles. The van der Waals surface area contributed by atoms with Gasteiger partial charge < -0.3 is 14.4 Å². The van der Waals surface area contributed by atoms with Crippen LogP contribution in [0.2, 0.25) is 0 Å². The lowest BCUT2D eigenvalue weighted by Crippen LogP contribution is -2.30. The van der Waals surface area contributed by atoms with Crippen molar-refractivity contribution in [2.75, 3.05) is 20.2 Å². The third kappa shape index (κ3) is 3.01. The van der Waals surface area contributed by atoms with E-state index in [4.69, 9.17) is 9.47 Å². The van der Waals surface area contributed by atoms with Crippen molar-refractivity contribution < 1.29 is 14.3 Å². The lowest BCUT2D eigenvalue weighted by atomic mass is 10.3. The van der Waals surface area contributed by atoms with Gasteiger partial charge >= 0.3 is 0 Å². The summed E-state index contributed by atoms with van der Waals surface area (Å²) in [4.78, 5) is 27.2. The molecule has 22 heavy (non-hydrogen) atoms. The second-order valence-electron chi connectivity index (χ2n) is 4.95. The van der Waals surface area contributed by atoms with E-state index in [0.29, 0.717) is 29.7 Å². The molecular formula is C14H16N4O3S. The van der Waals surface area contributed by atoms with Crippen LogP contribution in [0.25, 0.3) is 0 Å². The van der Waals surface area contributed by atoms with Gasteiger partial charge in [0, 0.05) is 13.0 Å². The number of likely N-dealkylation sites (tertiary alicyclic amines) is 1. The van der Waals surface area contributed by atoms with E-state index in [1.165, 1.54) is 24.6 Å². The predicted molar refractivity (Wildman–Crippen MR) is 80.4 cm³/mol. The van der Waals surface area contributed by atoms with Crippen molar-refractivity contribution >= 4 is 17.2 Å². The lowest BCUT2D eigenvalue weighted by molar-refractivity contribution is 0.0774.